The lowest BCUT2D eigenvalue weighted by Crippen LogP contribution is -2.47. The third kappa shape index (κ3) is 3.98. The van der Waals surface area contributed by atoms with Crippen LogP contribution in [0.1, 0.15) is 23.6 Å². The van der Waals surface area contributed by atoms with E-state index in [1.807, 2.05) is 32.9 Å². The quantitative estimate of drug-likeness (QED) is 0.826. The molecule has 1 amide bonds. The molecule has 0 aliphatic rings. The summed E-state index contributed by atoms with van der Waals surface area (Å²) in [7, 11) is 0. The van der Waals surface area contributed by atoms with Crippen LogP contribution in [-0.4, -0.2) is 24.5 Å². The van der Waals surface area contributed by atoms with E-state index in [4.69, 9.17) is 4.74 Å². The standard InChI is InChI=1S/C14H19NO4/c1-8-5-6-9(2)13(10(8)3)19-7-12(16)15-11(4)14(17)18/h5-6,11H,7H2,1-4H3,(H,15,16)(H,17,18)/p-1/t11-/m0/s1. The first-order valence-electron chi connectivity index (χ1n) is 6.02. The van der Waals surface area contributed by atoms with Crippen molar-refractivity contribution in [2.24, 2.45) is 0 Å². The van der Waals surface area contributed by atoms with Gasteiger partial charge in [-0.25, -0.2) is 0 Å². The van der Waals surface area contributed by atoms with Crippen LogP contribution in [0, 0.1) is 20.8 Å². The molecular formula is C14H18NO4-. The van der Waals surface area contributed by atoms with Crippen molar-refractivity contribution < 1.29 is 19.4 Å². The molecule has 0 aromatic heterocycles. The Balaban J connectivity index is 2.65. The highest BCUT2D eigenvalue weighted by Gasteiger charge is 2.11. The number of nitrogens with one attached hydrogen (secondary N) is 1. The first-order valence-corrected chi connectivity index (χ1v) is 6.02. The van der Waals surface area contributed by atoms with E-state index in [-0.39, 0.29) is 6.61 Å². The van der Waals surface area contributed by atoms with Crippen molar-refractivity contribution in [3.63, 3.8) is 0 Å². The van der Waals surface area contributed by atoms with Crippen LogP contribution in [-0.2, 0) is 9.59 Å². The monoisotopic (exact) mass is 264 g/mol. The fourth-order valence-corrected chi connectivity index (χ4v) is 1.63. The minimum Gasteiger partial charge on any atom is -0.548 e. The summed E-state index contributed by atoms with van der Waals surface area (Å²) in [6.07, 6.45) is 0. The molecule has 1 N–H and O–H groups in total. The van der Waals surface area contributed by atoms with Gasteiger partial charge in [0.25, 0.3) is 5.91 Å². The maximum Gasteiger partial charge on any atom is 0.258 e. The molecule has 0 aliphatic carbocycles. The van der Waals surface area contributed by atoms with Crippen molar-refractivity contribution in [1.29, 1.82) is 0 Å². The molecule has 5 nitrogen and oxygen atoms in total. The maximum atomic E-state index is 11.5. The Morgan fingerprint density at radius 3 is 2.42 bits per heavy atom. The van der Waals surface area contributed by atoms with E-state index in [9.17, 15) is 14.7 Å². The second-order valence-corrected chi connectivity index (χ2v) is 4.55. The van der Waals surface area contributed by atoms with E-state index >= 15 is 0 Å². The SMILES string of the molecule is Cc1ccc(C)c(OCC(=O)N[C@@H](C)C(=O)[O-])c1C. The molecule has 0 aliphatic heterocycles. The molecule has 0 spiro atoms. The van der Waals surface area contributed by atoms with Gasteiger partial charge in [0, 0.05) is 0 Å². The van der Waals surface area contributed by atoms with Gasteiger partial charge in [-0.3, -0.25) is 4.79 Å². The van der Waals surface area contributed by atoms with E-state index < -0.39 is 17.9 Å². The van der Waals surface area contributed by atoms with E-state index in [1.165, 1.54) is 6.92 Å². The Bertz CT molecular complexity index is 496. The number of carboxylic acids is 1. The van der Waals surface area contributed by atoms with Gasteiger partial charge in [0.1, 0.15) is 5.75 Å². The van der Waals surface area contributed by atoms with Crippen molar-refractivity contribution in [2.75, 3.05) is 6.61 Å². The van der Waals surface area contributed by atoms with Crippen molar-refractivity contribution in [3.05, 3.63) is 28.8 Å². The number of aryl methyl sites for hydroxylation is 2. The molecule has 1 aromatic carbocycles. The molecule has 5 heteroatoms. The van der Waals surface area contributed by atoms with Crippen molar-refractivity contribution in [1.82, 2.24) is 5.32 Å². The van der Waals surface area contributed by atoms with E-state index in [1.54, 1.807) is 0 Å². The van der Waals surface area contributed by atoms with Crippen LogP contribution in [0.5, 0.6) is 5.75 Å². The Kier molecular flexibility index (Phi) is 4.92. The highest BCUT2D eigenvalue weighted by molar-refractivity contribution is 5.83. The first-order chi connectivity index (χ1) is 8.82. The number of carboxylic acid groups (broad SMARTS) is 1. The van der Waals surface area contributed by atoms with Gasteiger partial charge in [-0.15, -0.1) is 0 Å². The number of benzene rings is 1. The number of carbonyl (C=O) groups excluding carboxylic acids is 2. The molecule has 0 saturated heterocycles. The van der Waals surface area contributed by atoms with Gasteiger partial charge in [-0.1, -0.05) is 12.1 Å². The van der Waals surface area contributed by atoms with Crippen molar-refractivity contribution in [3.8, 4) is 5.75 Å². The number of amides is 1. The minimum atomic E-state index is -1.32. The number of ether oxygens (including phenoxy) is 1. The number of carbonyl (C=O) groups is 2. The first kappa shape index (κ1) is 15.0. The summed E-state index contributed by atoms with van der Waals surface area (Å²) < 4.78 is 5.47. The van der Waals surface area contributed by atoms with Gasteiger partial charge in [0.15, 0.2) is 6.61 Å². The molecule has 0 unspecified atom stereocenters. The predicted octanol–water partition coefficient (Wildman–Crippen LogP) is 0.245. The van der Waals surface area contributed by atoms with E-state index in [2.05, 4.69) is 5.32 Å². The molecule has 0 saturated carbocycles. The molecule has 1 atom stereocenters. The van der Waals surface area contributed by atoms with Crippen LogP contribution in [0.2, 0.25) is 0 Å². The normalized spacial score (nSPS) is 11.8. The third-order valence-corrected chi connectivity index (χ3v) is 2.95. The molecule has 104 valence electrons. The zero-order chi connectivity index (χ0) is 14.6. The second kappa shape index (κ2) is 6.22. The van der Waals surface area contributed by atoms with Gasteiger partial charge < -0.3 is 20.0 Å². The summed E-state index contributed by atoms with van der Waals surface area (Å²) in [5, 5.41) is 12.8. The Labute approximate surface area is 112 Å². The summed E-state index contributed by atoms with van der Waals surface area (Å²) in [5.74, 6) is -1.15. The molecule has 1 aromatic rings. The molecule has 0 heterocycles. The zero-order valence-corrected chi connectivity index (χ0v) is 11.6. The number of hydrogen-bond donors (Lipinski definition) is 1. The summed E-state index contributed by atoms with van der Waals surface area (Å²) in [6.45, 7) is 6.89. The van der Waals surface area contributed by atoms with E-state index in [0.717, 1.165) is 16.7 Å². The van der Waals surface area contributed by atoms with Crippen LogP contribution in [0.15, 0.2) is 12.1 Å². The number of hydrogen-bond acceptors (Lipinski definition) is 4. The second-order valence-electron chi connectivity index (χ2n) is 4.55. The van der Waals surface area contributed by atoms with Gasteiger partial charge >= 0.3 is 0 Å². The van der Waals surface area contributed by atoms with Crippen LogP contribution >= 0.6 is 0 Å². The van der Waals surface area contributed by atoms with Crippen LogP contribution in [0.3, 0.4) is 0 Å². The molecule has 0 fully saturated rings. The summed E-state index contributed by atoms with van der Waals surface area (Å²) in [5.41, 5.74) is 2.98. The highest BCUT2D eigenvalue weighted by Crippen LogP contribution is 2.25. The Morgan fingerprint density at radius 2 is 1.84 bits per heavy atom. The fourth-order valence-electron chi connectivity index (χ4n) is 1.63. The molecule has 0 radical (unpaired) electrons. The summed E-state index contributed by atoms with van der Waals surface area (Å²) >= 11 is 0. The Hall–Kier alpha value is -2.04. The average molecular weight is 264 g/mol. The number of rotatable bonds is 5. The highest BCUT2D eigenvalue weighted by atomic mass is 16.5. The zero-order valence-electron chi connectivity index (χ0n) is 11.6. The molecule has 0 bridgehead atoms. The van der Waals surface area contributed by atoms with Crippen LogP contribution < -0.4 is 15.2 Å². The predicted molar refractivity (Wildman–Crippen MR) is 68.8 cm³/mol. The van der Waals surface area contributed by atoms with Crippen molar-refractivity contribution >= 4 is 11.9 Å². The van der Waals surface area contributed by atoms with Crippen molar-refractivity contribution in [2.45, 2.75) is 33.7 Å². The van der Waals surface area contributed by atoms with E-state index in [0.29, 0.717) is 5.75 Å². The lowest BCUT2D eigenvalue weighted by atomic mass is 10.1. The van der Waals surface area contributed by atoms with Crippen LogP contribution in [0.4, 0.5) is 0 Å². The molecule has 1 rings (SSSR count). The largest absolute Gasteiger partial charge is 0.548 e. The summed E-state index contributed by atoms with van der Waals surface area (Å²) in [6, 6.07) is 2.87. The third-order valence-electron chi connectivity index (χ3n) is 2.95. The van der Waals surface area contributed by atoms with Gasteiger partial charge in [0.05, 0.1) is 12.0 Å². The summed E-state index contributed by atoms with van der Waals surface area (Å²) in [4.78, 5) is 22.0. The fraction of sp³-hybridized carbons (Fsp3) is 0.429. The van der Waals surface area contributed by atoms with Crippen LogP contribution in [0.25, 0.3) is 0 Å². The maximum absolute atomic E-state index is 11.5. The number of aliphatic carboxylic acids is 1. The topological polar surface area (TPSA) is 78.5 Å². The minimum absolute atomic E-state index is 0.219. The Morgan fingerprint density at radius 1 is 1.26 bits per heavy atom. The molecular weight excluding hydrogens is 246 g/mol. The smallest absolute Gasteiger partial charge is 0.258 e. The average Bonchev–Trinajstić information content (AvgIpc) is 2.33. The van der Waals surface area contributed by atoms with Gasteiger partial charge in [0.2, 0.25) is 0 Å². The van der Waals surface area contributed by atoms with Gasteiger partial charge in [-0.05, 0) is 44.4 Å². The van der Waals surface area contributed by atoms with Gasteiger partial charge in [-0.2, -0.15) is 0 Å². The lowest BCUT2D eigenvalue weighted by Gasteiger charge is -2.17. The molecule has 19 heavy (non-hydrogen) atoms. The lowest BCUT2D eigenvalue weighted by molar-refractivity contribution is -0.307.